The van der Waals surface area contributed by atoms with E-state index in [0.717, 1.165) is 12.0 Å². The number of allylic oxidation sites excluding steroid dienone is 1. The number of aryl methyl sites for hydroxylation is 1. The lowest BCUT2D eigenvalue weighted by Crippen LogP contribution is -2.22. The highest BCUT2D eigenvalue weighted by Gasteiger charge is 2.16. The van der Waals surface area contributed by atoms with Crippen LogP contribution in [0, 0.1) is 6.92 Å². The molecule has 4 nitrogen and oxygen atoms in total. The molecular formula is C14H20N4. The fourth-order valence-electron chi connectivity index (χ4n) is 2.59. The van der Waals surface area contributed by atoms with Crippen LogP contribution < -0.4 is 17.2 Å². The lowest BCUT2D eigenvalue weighted by atomic mass is 9.96. The molecule has 0 amide bonds. The van der Waals surface area contributed by atoms with E-state index >= 15 is 0 Å². The maximum Gasteiger partial charge on any atom is 0.190 e. The third-order valence-corrected chi connectivity index (χ3v) is 3.55. The van der Waals surface area contributed by atoms with Crippen molar-refractivity contribution < 1.29 is 0 Å². The highest BCUT2D eigenvalue weighted by atomic mass is 15.0. The Morgan fingerprint density at radius 1 is 1.17 bits per heavy atom. The van der Waals surface area contributed by atoms with Crippen LogP contribution in [0.5, 0.6) is 0 Å². The van der Waals surface area contributed by atoms with Crippen molar-refractivity contribution in [3.8, 4) is 0 Å². The highest BCUT2D eigenvalue weighted by Crippen LogP contribution is 2.30. The van der Waals surface area contributed by atoms with Gasteiger partial charge in [-0.05, 0) is 49.8 Å². The van der Waals surface area contributed by atoms with E-state index in [1.54, 1.807) is 0 Å². The fraction of sp³-hybridized carbons (Fsp3) is 0.357. The average molecular weight is 244 g/mol. The lowest BCUT2D eigenvalue weighted by molar-refractivity contribution is 0.909. The van der Waals surface area contributed by atoms with Crippen LogP contribution in [-0.2, 0) is 12.8 Å². The second-order valence-electron chi connectivity index (χ2n) is 4.77. The molecule has 18 heavy (non-hydrogen) atoms. The summed E-state index contributed by atoms with van der Waals surface area (Å²) in [7, 11) is 0. The quantitative estimate of drug-likeness (QED) is 0.542. The molecule has 6 N–H and O–H groups in total. The van der Waals surface area contributed by atoms with Gasteiger partial charge in [0.1, 0.15) is 0 Å². The van der Waals surface area contributed by atoms with Gasteiger partial charge in [-0.1, -0.05) is 12.1 Å². The van der Waals surface area contributed by atoms with Gasteiger partial charge in [-0.25, -0.2) is 4.99 Å². The van der Waals surface area contributed by atoms with E-state index in [-0.39, 0.29) is 5.96 Å². The summed E-state index contributed by atoms with van der Waals surface area (Å²) in [4.78, 5) is 4.02. The van der Waals surface area contributed by atoms with Gasteiger partial charge in [0.05, 0.1) is 11.4 Å². The van der Waals surface area contributed by atoms with E-state index in [4.69, 9.17) is 17.2 Å². The molecule has 0 aliphatic heterocycles. The Hall–Kier alpha value is -1.97. The zero-order valence-electron chi connectivity index (χ0n) is 11.0. The van der Waals surface area contributed by atoms with Crippen molar-refractivity contribution in [2.45, 2.75) is 33.1 Å². The van der Waals surface area contributed by atoms with Gasteiger partial charge in [0, 0.05) is 5.56 Å². The molecule has 1 aromatic rings. The number of nitrogens with zero attached hydrogens (tertiary/aromatic N) is 1. The Kier molecular flexibility index (Phi) is 3.28. The first-order valence-corrected chi connectivity index (χ1v) is 6.18. The van der Waals surface area contributed by atoms with Gasteiger partial charge in [0.15, 0.2) is 5.96 Å². The number of aliphatic imine (C=N–C) groups is 1. The van der Waals surface area contributed by atoms with Crippen molar-refractivity contribution in [2.75, 3.05) is 0 Å². The zero-order valence-corrected chi connectivity index (χ0v) is 11.0. The predicted molar refractivity (Wildman–Crippen MR) is 75.8 cm³/mol. The Morgan fingerprint density at radius 2 is 1.89 bits per heavy atom. The standard InChI is InChI=1S/C14H20N4/c1-8-11-5-3-4-10(11)6-7-12(8)13(15)9(2)18-14(16)17/h6-7H,3-5,15H2,1-2H3,(H4,16,17,18)/b13-9-. The largest absolute Gasteiger partial charge is 0.397 e. The fourth-order valence-corrected chi connectivity index (χ4v) is 2.59. The van der Waals surface area contributed by atoms with Crippen LogP contribution >= 0.6 is 0 Å². The SMILES string of the molecule is C/C(N=C(N)N)=C(/N)c1ccc2c(c1C)CCC2. The van der Waals surface area contributed by atoms with E-state index in [1.165, 1.54) is 29.5 Å². The molecular weight excluding hydrogens is 224 g/mol. The van der Waals surface area contributed by atoms with Crippen molar-refractivity contribution in [1.82, 2.24) is 0 Å². The van der Waals surface area contributed by atoms with E-state index in [0.29, 0.717) is 11.4 Å². The third-order valence-electron chi connectivity index (χ3n) is 3.55. The molecule has 4 heteroatoms. The molecule has 0 fully saturated rings. The summed E-state index contributed by atoms with van der Waals surface area (Å²) in [6.07, 6.45) is 3.55. The van der Waals surface area contributed by atoms with Crippen molar-refractivity contribution in [3.63, 3.8) is 0 Å². The van der Waals surface area contributed by atoms with Crippen LogP contribution in [-0.4, -0.2) is 5.96 Å². The van der Waals surface area contributed by atoms with Gasteiger partial charge in [0.25, 0.3) is 0 Å². The summed E-state index contributed by atoms with van der Waals surface area (Å²) in [6.45, 7) is 3.94. The highest BCUT2D eigenvalue weighted by molar-refractivity contribution is 5.79. The minimum absolute atomic E-state index is 0.0364. The van der Waals surface area contributed by atoms with E-state index in [1.807, 2.05) is 6.92 Å². The second-order valence-corrected chi connectivity index (χ2v) is 4.77. The molecule has 2 rings (SSSR count). The van der Waals surface area contributed by atoms with Gasteiger partial charge in [-0.3, -0.25) is 0 Å². The van der Waals surface area contributed by atoms with Crippen molar-refractivity contribution in [2.24, 2.45) is 22.2 Å². The number of fused-ring (bicyclic) bond motifs is 1. The molecule has 96 valence electrons. The van der Waals surface area contributed by atoms with Crippen LogP contribution in [0.25, 0.3) is 5.70 Å². The third kappa shape index (κ3) is 2.18. The van der Waals surface area contributed by atoms with Crippen LogP contribution in [0.2, 0.25) is 0 Å². The van der Waals surface area contributed by atoms with Crippen LogP contribution in [0.3, 0.4) is 0 Å². The van der Waals surface area contributed by atoms with Crippen LogP contribution in [0.1, 0.15) is 35.6 Å². The summed E-state index contributed by atoms with van der Waals surface area (Å²) >= 11 is 0. The molecule has 0 aromatic heterocycles. The zero-order chi connectivity index (χ0) is 13.3. The van der Waals surface area contributed by atoms with E-state index in [9.17, 15) is 0 Å². The molecule has 0 atom stereocenters. The monoisotopic (exact) mass is 244 g/mol. The second kappa shape index (κ2) is 4.72. The molecule has 0 bridgehead atoms. The van der Waals surface area contributed by atoms with Crippen LogP contribution in [0.15, 0.2) is 22.8 Å². The van der Waals surface area contributed by atoms with E-state index < -0.39 is 0 Å². The maximum absolute atomic E-state index is 6.14. The topological polar surface area (TPSA) is 90.4 Å². The lowest BCUT2D eigenvalue weighted by Gasteiger charge is -2.12. The van der Waals surface area contributed by atoms with E-state index in [2.05, 4.69) is 24.0 Å². The molecule has 0 heterocycles. The number of hydrogen-bond acceptors (Lipinski definition) is 2. The van der Waals surface area contributed by atoms with Gasteiger partial charge in [-0.15, -0.1) is 0 Å². The number of benzene rings is 1. The average Bonchev–Trinajstić information content (AvgIpc) is 2.76. The van der Waals surface area contributed by atoms with Crippen molar-refractivity contribution >= 4 is 11.7 Å². The molecule has 0 spiro atoms. The summed E-state index contributed by atoms with van der Waals surface area (Å²) < 4.78 is 0. The molecule has 0 unspecified atom stereocenters. The predicted octanol–water partition coefficient (Wildman–Crippen LogP) is 1.40. The summed E-state index contributed by atoms with van der Waals surface area (Å²) in [5, 5.41) is 0. The molecule has 1 aliphatic carbocycles. The minimum Gasteiger partial charge on any atom is -0.397 e. The van der Waals surface area contributed by atoms with Gasteiger partial charge in [0.2, 0.25) is 0 Å². The number of hydrogen-bond donors (Lipinski definition) is 3. The first-order chi connectivity index (χ1) is 8.50. The maximum atomic E-state index is 6.14. The van der Waals surface area contributed by atoms with Crippen molar-refractivity contribution in [1.29, 1.82) is 0 Å². The summed E-state index contributed by atoms with van der Waals surface area (Å²) in [6, 6.07) is 4.24. The van der Waals surface area contributed by atoms with Gasteiger partial charge in [-0.2, -0.15) is 0 Å². The molecule has 1 aliphatic rings. The van der Waals surface area contributed by atoms with Crippen molar-refractivity contribution in [3.05, 3.63) is 40.1 Å². The first-order valence-electron chi connectivity index (χ1n) is 6.18. The normalized spacial score (nSPS) is 15.0. The number of guanidine groups is 1. The Bertz CT molecular complexity index is 537. The Balaban J connectivity index is 2.50. The van der Waals surface area contributed by atoms with Gasteiger partial charge < -0.3 is 17.2 Å². The molecule has 0 saturated heterocycles. The minimum atomic E-state index is 0.0364. The number of nitrogens with two attached hydrogens (primary N) is 3. The first kappa shape index (κ1) is 12.5. The van der Waals surface area contributed by atoms with Crippen LogP contribution in [0.4, 0.5) is 0 Å². The summed E-state index contributed by atoms with van der Waals surface area (Å²) in [5.74, 6) is 0.0364. The van der Waals surface area contributed by atoms with Gasteiger partial charge >= 0.3 is 0 Å². The molecule has 0 radical (unpaired) electrons. The Morgan fingerprint density at radius 3 is 2.56 bits per heavy atom. The Labute approximate surface area is 108 Å². The molecule has 1 aromatic carbocycles. The summed E-state index contributed by atoms with van der Waals surface area (Å²) in [5.41, 5.74) is 23.4. The molecule has 0 saturated carbocycles. The number of rotatable bonds is 2. The smallest absolute Gasteiger partial charge is 0.190 e.